The summed E-state index contributed by atoms with van der Waals surface area (Å²) in [6, 6.07) is 0. The van der Waals surface area contributed by atoms with E-state index in [1.807, 2.05) is 25.6 Å². The molecular formula is C15H29NO3S. The van der Waals surface area contributed by atoms with Gasteiger partial charge >= 0.3 is 5.97 Å². The van der Waals surface area contributed by atoms with E-state index < -0.39 is 5.54 Å². The predicted octanol–water partition coefficient (Wildman–Crippen LogP) is 2.61. The molecule has 3 unspecified atom stereocenters. The van der Waals surface area contributed by atoms with Crippen molar-refractivity contribution >= 4 is 17.7 Å². The lowest BCUT2D eigenvalue weighted by molar-refractivity contribution is -0.150. The summed E-state index contributed by atoms with van der Waals surface area (Å²) in [5.41, 5.74) is -0.568. The van der Waals surface area contributed by atoms with Gasteiger partial charge in [0.2, 0.25) is 0 Å². The maximum atomic E-state index is 12.1. The minimum Gasteiger partial charge on any atom is -0.465 e. The lowest BCUT2D eigenvalue weighted by Gasteiger charge is -2.29. The number of carbonyl (C=O) groups excluding carboxylic acids is 1. The van der Waals surface area contributed by atoms with Crippen LogP contribution in [0.4, 0.5) is 0 Å². The number of thioether (sulfide) groups is 1. The molecule has 1 fully saturated rings. The fraction of sp³-hybridized carbons (Fsp3) is 0.933. The maximum absolute atomic E-state index is 12.1. The van der Waals surface area contributed by atoms with E-state index in [0.717, 1.165) is 38.2 Å². The highest BCUT2D eigenvalue weighted by Gasteiger charge is 2.34. The van der Waals surface area contributed by atoms with Crippen molar-refractivity contribution in [3.8, 4) is 0 Å². The van der Waals surface area contributed by atoms with Crippen LogP contribution in [0.1, 0.15) is 47.0 Å². The molecule has 0 aromatic carbocycles. The Labute approximate surface area is 127 Å². The second kappa shape index (κ2) is 8.90. The number of carbonyl (C=O) groups is 1. The normalized spacial score (nSPS) is 25.4. The topological polar surface area (TPSA) is 47.6 Å². The Morgan fingerprint density at radius 3 is 2.80 bits per heavy atom. The average molecular weight is 303 g/mol. The van der Waals surface area contributed by atoms with Gasteiger partial charge in [-0.2, -0.15) is 11.8 Å². The Hall–Kier alpha value is -0.260. The van der Waals surface area contributed by atoms with Crippen molar-refractivity contribution < 1.29 is 14.3 Å². The number of rotatable bonds is 9. The van der Waals surface area contributed by atoms with Gasteiger partial charge in [-0.1, -0.05) is 6.92 Å². The number of esters is 1. The zero-order valence-electron chi connectivity index (χ0n) is 13.2. The summed E-state index contributed by atoms with van der Waals surface area (Å²) in [5.74, 6) is 0.814. The molecule has 1 heterocycles. The van der Waals surface area contributed by atoms with Crippen LogP contribution < -0.4 is 5.32 Å². The van der Waals surface area contributed by atoms with Gasteiger partial charge in [0.1, 0.15) is 5.54 Å². The molecule has 118 valence electrons. The highest BCUT2D eigenvalue weighted by atomic mass is 32.2. The van der Waals surface area contributed by atoms with Crippen LogP contribution in [0, 0.1) is 0 Å². The third-order valence-electron chi connectivity index (χ3n) is 3.73. The van der Waals surface area contributed by atoms with Gasteiger partial charge in [-0.05, 0) is 52.3 Å². The lowest BCUT2D eigenvalue weighted by atomic mass is 9.99. The van der Waals surface area contributed by atoms with Gasteiger partial charge in [0.05, 0.1) is 12.7 Å². The van der Waals surface area contributed by atoms with Crippen LogP contribution in [0.3, 0.4) is 0 Å². The standard InChI is InChI=1S/C15H29NO3S/c1-5-9-16-15(4,14(17)18-6-2)8-11-20-13-7-10-19-12(13)3/h12-13,16H,5-11H2,1-4H3. The van der Waals surface area contributed by atoms with Crippen LogP contribution in [0.2, 0.25) is 0 Å². The van der Waals surface area contributed by atoms with Gasteiger partial charge in [-0.15, -0.1) is 0 Å². The van der Waals surface area contributed by atoms with Crippen LogP contribution in [-0.4, -0.2) is 48.4 Å². The van der Waals surface area contributed by atoms with Crippen molar-refractivity contribution in [2.75, 3.05) is 25.5 Å². The Morgan fingerprint density at radius 2 is 2.25 bits per heavy atom. The molecule has 4 nitrogen and oxygen atoms in total. The molecule has 1 saturated heterocycles. The van der Waals surface area contributed by atoms with E-state index in [9.17, 15) is 4.79 Å². The third kappa shape index (κ3) is 5.26. The Bertz CT molecular complexity index is 301. The molecule has 3 atom stereocenters. The summed E-state index contributed by atoms with van der Waals surface area (Å²) in [7, 11) is 0. The van der Waals surface area contributed by atoms with E-state index in [1.54, 1.807) is 0 Å². The molecule has 0 spiro atoms. The number of ether oxygens (including phenoxy) is 2. The van der Waals surface area contributed by atoms with E-state index in [-0.39, 0.29) is 5.97 Å². The molecule has 1 aliphatic rings. The SMILES string of the molecule is CCCNC(C)(CCSC1CCOC1C)C(=O)OCC. The minimum atomic E-state index is -0.568. The zero-order valence-corrected chi connectivity index (χ0v) is 14.1. The predicted molar refractivity (Wildman–Crippen MR) is 84.2 cm³/mol. The van der Waals surface area contributed by atoms with Gasteiger partial charge < -0.3 is 14.8 Å². The largest absolute Gasteiger partial charge is 0.465 e. The molecule has 0 aromatic rings. The Kier molecular flexibility index (Phi) is 7.92. The summed E-state index contributed by atoms with van der Waals surface area (Å²) in [5, 5.41) is 3.91. The molecule has 5 heteroatoms. The average Bonchev–Trinajstić information content (AvgIpc) is 2.82. The molecule has 20 heavy (non-hydrogen) atoms. The van der Waals surface area contributed by atoms with E-state index in [1.165, 1.54) is 0 Å². The van der Waals surface area contributed by atoms with Crippen molar-refractivity contribution in [1.82, 2.24) is 5.32 Å². The third-order valence-corrected chi connectivity index (χ3v) is 5.22. The lowest BCUT2D eigenvalue weighted by Crippen LogP contribution is -2.51. The first-order chi connectivity index (χ1) is 9.53. The maximum Gasteiger partial charge on any atom is 0.326 e. The smallest absolute Gasteiger partial charge is 0.326 e. The molecule has 0 aliphatic carbocycles. The first kappa shape index (κ1) is 17.8. The molecule has 0 amide bonds. The molecular weight excluding hydrogens is 274 g/mol. The second-order valence-electron chi connectivity index (χ2n) is 5.50. The summed E-state index contributed by atoms with van der Waals surface area (Å²) < 4.78 is 10.8. The van der Waals surface area contributed by atoms with Crippen LogP contribution in [0.25, 0.3) is 0 Å². The minimum absolute atomic E-state index is 0.134. The summed E-state index contributed by atoms with van der Waals surface area (Å²) in [6.07, 6.45) is 3.25. The number of hydrogen-bond donors (Lipinski definition) is 1. The highest BCUT2D eigenvalue weighted by Crippen LogP contribution is 2.28. The second-order valence-corrected chi connectivity index (χ2v) is 6.85. The fourth-order valence-corrected chi connectivity index (χ4v) is 3.74. The highest BCUT2D eigenvalue weighted by molar-refractivity contribution is 7.99. The van der Waals surface area contributed by atoms with Gasteiger partial charge in [-0.3, -0.25) is 4.79 Å². The van der Waals surface area contributed by atoms with Crippen molar-refractivity contribution in [1.29, 1.82) is 0 Å². The van der Waals surface area contributed by atoms with Crippen LogP contribution >= 0.6 is 11.8 Å². The van der Waals surface area contributed by atoms with Gasteiger partial charge in [0, 0.05) is 11.9 Å². The summed E-state index contributed by atoms with van der Waals surface area (Å²) >= 11 is 1.92. The Balaban J connectivity index is 2.44. The summed E-state index contributed by atoms with van der Waals surface area (Å²) in [4.78, 5) is 12.1. The monoisotopic (exact) mass is 303 g/mol. The van der Waals surface area contributed by atoms with Crippen LogP contribution in [-0.2, 0) is 14.3 Å². The van der Waals surface area contributed by atoms with Gasteiger partial charge in [0.25, 0.3) is 0 Å². The number of nitrogens with one attached hydrogen (secondary N) is 1. The fourth-order valence-electron chi connectivity index (χ4n) is 2.30. The molecule has 1 N–H and O–H groups in total. The molecule has 0 saturated carbocycles. The zero-order chi connectivity index (χ0) is 15.0. The van der Waals surface area contributed by atoms with E-state index in [4.69, 9.17) is 9.47 Å². The van der Waals surface area contributed by atoms with Crippen molar-refractivity contribution in [2.45, 2.75) is 63.9 Å². The van der Waals surface area contributed by atoms with Crippen molar-refractivity contribution in [3.05, 3.63) is 0 Å². The Morgan fingerprint density at radius 1 is 1.50 bits per heavy atom. The molecule has 1 aliphatic heterocycles. The van der Waals surface area contributed by atoms with Gasteiger partial charge in [-0.25, -0.2) is 0 Å². The van der Waals surface area contributed by atoms with Crippen molar-refractivity contribution in [2.24, 2.45) is 0 Å². The molecule has 0 bridgehead atoms. The first-order valence-corrected chi connectivity index (χ1v) is 8.73. The van der Waals surface area contributed by atoms with E-state index in [0.29, 0.717) is 18.0 Å². The first-order valence-electron chi connectivity index (χ1n) is 7.69. The number of hydrogen-bond acceptors (Lipinski definition) is 5. The molecule has 0 aromatic heterocycles. The quantitative estimate of drug-likeness (QED) is 0.664. The van der Waals surface area contributed by atoms with Gasteiger partial charge in [0.15, 0.2) is 0 Å². The summed E-state index contributed by atoms with van der Waals surface area (Å²) in [6.45, 7) is 10.2. The molecule has 1 rings (SSSR count). The van der Waals surface area contributed by atoms with Crippen LogP contribution in [0.15, 0.2) is 0 Å². The van der Waals surface area contributed by atoms with E-state index in [2.05, 4.69) is 19.2 Å². The molecule has 0 radical (unpaired) electrons. The van der Waals surface area contributed by atoms with Crippen LogP contribution in [0.5, 0.6) is 0 Å². The van der Waals surface area contributed by atoms with Crippen molar-refractivity contribution in [3.63, 3.8) is 0 Å². The van der Waals surface area contributed by atoms with E-state index >= 15 is 0 Å².